The molecule has 0 spiro atoms. The molecule has 1 aliphatic heterocycles. The molecule has 1 N–H and O–H groups in total. The number of benzene rings is 1. The molecule has 1 saturated carbocycles. The van der Waals surface area contributed by atoms with Gasteiger partial charge in [0.2, 0.25) is 11.8 Å². The van der Waals surface area contributed by atoms with Gasteiger partial charge in [0.25, 0.3) is 0 Å². The van der Waals surface area contributed by atoms with Crippen molar-refractivity contribution in [2.24, 2.45) is 0 Å². The summed E-state index contributed by atoms with van der Waals surface area (Å²) in [6, 6.07) is 9.43. The van der Waals surface area contributed by atoms with E-state index in [0.717, 1.165) is 24.1 Å². The highest BCUT2D eigenvalue weighted by atomic mass is 35.5. The van der Waals surface area contributed by atoms with Gasteiger partial charge in [0.05, 0.1) is 30.4 Å². The lowest BCUT2D eigenvalue weighted by Crippen LogP contribution is -2.56. The number of hydrogen-bond donors (Lipinski definition) is 1. The minimum absolute atomic E-state index is 0.150. The maximum Gasteiger partial charge on any atom is 0.248 e. The molecule has 0 radical (unpaired) electrons. The smallest absolute Gasteiger partial charge is 0.248 e. The molecule has 2 aliphatic rings. The normalized spacial score (nSPS) is 16.4. The van der Waals surface area contributed by atoms with Crippen molar-refractivity contribution in [2.75, 3.05) is 19.7 Å². The van der Waals surface area contributed by atoms with Crippen LogP contribution in [0.2, 0.25) is 5.02 Å². The molecule has 196 valence electrons. The summed E-state index contributed by atoms with van der Waals surface area (Å²) in [5.74, 6) is 1.36. The average Bonchev–Trinajstić information content (AvgIpc) is 3.49. The summed E-state index contributed by atoms with van der Waals surface area (Å²) in [7, 11) is 0. The second-order valence-corrected chi connectivity index (χ2v) is 10.5. The van der Waals surface area contributed by atoms with Gasteiger partial charge >= 0.3 is 0 Å². The minimum Gasteiger partial charge on any atom is -0.487 e. The number of aryl methyl sites for hydroxylation is 1. The third kappa shape index (κ3) is 4.77. The lowest BCUT2D eigenvalue weighted by molar-refractivity contribution is -0.142. The first-order valence-corrected chi connectivity index (χ1v) is 12.9. The molecule has 0 atom stereocenters. The van der Waals surface area contributed by atoms with Crippen LogP contribution in [0.15, 0.2) is 42.9 Å². The zero-order chi connectivity index (χ0) is 26.4. The minimum atomic E-state index is -0.497. The maximum atomic E-state index is 11.6. The van der Waals surface area contributed by atoms with Crippen LogP contribution in [0.5, 0.6) is 11.6 Å². The lowest BCUT2D eigenvalue weighted by atomic mass is 10.1. The summed E-state index contributed by atoms with van der Waals surface area (Å²) in [6.07, 6.45) is 5.08. The summed E-state index contributed by atoms with van der Waals surface area (Å²) in [5.41, 5.74) is 3.66. The molecular formula is C27H27ClN6O4. The lowest BCUT2D eigenvalue weighted by Gasteiger charge is -2.38. The van der Waals surface area contributed by atoms with E-state index in [1.165, 1.54) is 6.33 Å². The zero-order valence-corrected chi connectivity index (χ0v) is 21.9. The highest BCUT2D eigenvalue weighted by molar-refractivity contribution is 6.33. The van der Waals surface area contributed by atoms with E-state index in [4.69, 9.17) is 31.2 Å². The Morgan fingerprint density at radius 1 is 1.18 bits per heavy atom. The Kier molecular flexibility index (Phi) is 6.16. The second kappa shape index (κ2) is 9.52. The summed E-state index contributed by atoms with van der Waals surface area (Å²) >= 11 is 6.78. The topological polar surface area (TPSA) is 115 Å². The first-order chi connectivity index (χ1) is 18.3. The molecular weight excluding hydrogens is 508 g/mol. The Hall–Kier alpha value is -3.76. The van der Waals surface area contributed by atoms with Gasteiger partial charge in [-0.15, -0.1) is 0 Å². The molecule has 1 saturated heterocycles. The van der Waals surface area contributed by atoms with Crippen LogP contribution >= 0.6 is 11.6 Å². The van der Waals surface area contributed by atoms with Gasteiger partial charge in [-0.25, -0.2) is 9.97 Å². The van der Waals surface area contributed by atoms with Crippen LogP contribution in [0.25, 0.3) is 22.6 Å². The number of carbonyl (C=O) groups is 1. The predicted molar refractivity (Wildman–Crippen MR) is 140 cm³/mol. The fourth-order valence-corrected chi connectivity index (χ4v) is 4.72. The number of rotatable bonds is 8. The molecule has 4 heterocycles. The molecule has 0 bridgehead atoms. The third-order valence-corrected chi connectivity index (χ3v) is 7.22. The number of ether oxygens (including phenoxy) is 2. The molecule has 3 aromatic heterocycles. The predicted octanol–water partition coefficient (Wildman–Crippen LogP) is 3.41. The van der Waals surface area contributed by atoms with Gasteiger partial charge in [0.15, 0.2) is 11.2 Å². The Bertz CT molecular complexity index is 1530. The van der Waals surface area contributed by atoms with Crippen molar-refractivity contribution >= 4 is 28.7 Å². The van der Waals surface area contributed by atoms with E-state index in [1.54, 1.807) is 17.2 Å². The van der Waals surface area contributed by atoms with Crippen LogP contribution in [0.1, 0.15) is 31.0 Å². The molecule has 11 heteroatoms. The number of pyridine rings is 1. The molecule has 1 aliphatic carbocycles. The first-order valence-electron chi connectivity index (χ1n) is 12.5. The van der Waals surface area contributed by atoms with Gasteiger partial charge in [-0.05, 0) is 62.6 Å². The highest BCUT2D eigenvalue weighted by Crippen LogP contribution is 2.41. The number of likely N-dealkylation sites (tertiary alicyclic amines) is 1. The van der Waals surface area contributed by atoms with Gasteiger partial charge in [-0.1, -0.05) is 11.6 Å². The molecule has 1 amide bonds. The summed E-state index contributed by atoms with van der Waals surface area (Å²) in [4.78, 5) is 31.5. The summed E-state index contributed by atoms with van der Waals surface area (Å²) in [6.45, 7) is 4.89. The highest BCUT2D eigenvalue weighted by Gasteiger charge is 2.41. The second-order valence-electron chi connectivity index (χ2n) is 10.1. The molecule has 6 rings (SSSR count). The Morgan fingerprint density at radius 3 is 2.71 bits per heavy atom. The number of imidazole rings is 1. The van der Waals surface area contributed by atoms with Gasteiger partial charge < -0.3 is 24.0 Å². The Labute approximate surface area is 224 Å². The number of aliphatic hydroxyl groups is 1. The van der Waals surface area contributed by atoms with Crippen LogP contribution in [-0.4, -0.2) is 71.8 Å². The number of aliphatic hydroxyl groups excluding tert-OH is 1. The molecule has 38 heavy (non-hydrogen) atoms. The molecule has 10 nitrogen and oxygen atoms in total. The zero-order valence-electron chi connectivity index (χ0n) is 21.1. The largest absolute Gasteiger partial charge is 0.487 e. The summed E-state index contributed by atoms with van der Waals surface area (Å²) in [5, 5.41) is 9.46. The fourth-order valence-electron chi connectivity index (χ4n) is 4.46. The third-order valence-electron chi connectivity index (χ3n) is 6.91. The van der Waals surface area contributed by atoms with Crippen molar-refractivity contribution in [1.82, 2.24) is 29.4 Å². The van der Waals surface area contributed by atoms with Crippen molar-refractivity contribution in [3.8, 4) is 23.0 Å². The van der Waals surface area contributed by atoms with Crippen LogP contribution in [-0.2, 0) is 11.3 Å². The average molecular weight is 535 g/mol. The van der Waals surface area contributed by atoms with E-state index >= 15 is 0 Å². The fraction of sp³-hybridized carbons (Fsp3) is 0.370. The van der Waals surface area contributed by atoms with Gasteiger partial charge in [-0.2, -0.15) is 4.98 Å². The maximum absolute atomic E-state index is 11.6. The number of hydrogen-bond acceptors (Lipinski definition) is 8. The van der Waals surface area contributed by atoms with Crippen molar-refractivity contribution in [1.29, 1.82) is 0 Å². The SMILES string of the molecule is Cc1ccnc(Cn2c(-c3ccc(OC4CN(C(=O)CO)C4)cc3Cl)nc3c(OC4(C)CC4)ncnc32)c1. The number of aromatic nitrogens is 5. The van der Waals surface area contributed by atoms with Crippen LogP contribution in [0.4, 0.5) is 0 Å². The molecule has 2 fully saturated rings. The van der Waals surface area contributed by atoms with Gasteiger partial charge in [0.1, 0.15) is 36.2 Å². The van der Waals surface area contributed by atoms with Crippen LogP contribution in [0.3, 0.4) is 0 Å². The van der Waals surface area contributed by atoms with Crippen LogP contribution in [0, 0.1) is 6.92 Å². The van der Waals surface area contributed by atoms with Crippen molar-refractivity contribution in [3.63, 3.8) is 0 Å². The number of nitrogens with zero attached hydrogens (tertiary/aromatic N) is 6. The van der Waals surface area contributed by atoms with E-state index < -0.39 is 6.61 Å². The number of fused-ring (bicyclic) bond motifs is 1. The summed E-state index contributed by atoms with van der Waals surface area (Å²) < 4.78 is 14.2. The number of amides is 1. The van der Waals surface area contributed by atoms with Crippen molar-refractivity contribution < 1.29 is 19.4 Å². The van der Waals surface area contributed by atoms with Crippen molar-refractivity contribution in [3.05, 3.63) is 59.1 Å². The van der Waals surface area contributed by atoms with E-state index in [1.807, 2.05) is 35.8 Å². The Morgan fingerprint density at radius 2 is 2.00 bits per heavy atom. The Balaban J connectivity index is 1.35. The molecule has 0 unspecified atom stereocenters. The van der Waals surface area contributed by atoms with E-state index in [9.17, 15) is 4.79 Å². The van der Waals surface area contributed by atoms with Crippen LogP contribution < -0.4 is 9.47 Å². The molecule has 1 aromatic carbocycles. The standard InChI is InChI=1S/C27H27ClN6O4/c1-16-5-8-29-17(9-16)11-34-24(32-23-25(34)30-15-31-26(23)38-27(2)6-7-27)20-4-3-18(10-21(20)28)37-19-12-33(13-19)22(36)14-35/h3-5,8-10,15,19,35H,6-7,11-14H2,1-2H3. The number of halogens is 1. The van der Waals surface area contributed by atoms with Gasteiger partial charge in [-0.3, -0.25) is 9.78 Å². The van der Waals surface area contributed by atoms with E-state index in [-0.39, 0.29) is 17.6 Å². The van der Waals surface area contributed by atoms with E-state index in [2.05, 4.69) is 21.9 Å². The number of carbonyl (C=O) groups excluding carboxylic acids is 1. The monoisotopic (exact) mass is 534 g/mol. The molecule has 4 aromatic rings. The first kappa shape index (κ1) is 24.6. The van der Waals surface area contributed by atoms with E-state index in [0.29, 0.717) is 58.8 Å². The van der Waals surface area contributed by atoms with Gasteiger partial charge in [0, 0.05) is 11.8 Å². The quantitative estimate of drug-likeness (QED) is 0.365. The van der Waals surface area contributed by atoms with Crippen molar-refractivity contribution in [2.45, 2.75) is 44.9 Å².